The fraction of sp³-hybridized carbons (Fsp3) is 0.413. The van der Waals surface area contributed by atoms with Crippen molar-refractivity contribution in [2.75, 3.05) is 30.8 Å². The number of hydrogen-bond acceptors (Lipinski definition) is 7. The van der Waals surface area contributed by atoms with E-state index in [2.05, 4.69) is 29.4 Å². The first kappa shape index (κ1) is 43.8. The number of carbonyl (C=O) groups is 5. The molecule has 4 N–H and O–H groups in total. The van der Waals surface area contributed by atoms with E-state index < -0.39 is 11.9 Å². The van der Waals surface area contributed by atoms with E-state index in [0.717, 1.165) is 78.5 Å². The fourth-order valence-corrected chi connectivity index (χ4v) is 8.79. The number of unbranched alkanes of at least 4 members (excludes halogenated alkanes) is 1. The summed E-state index contributed by atoms with van der Waals surface area (Å²) in [6.07, 6.45) is 8.50. The number of aliphatic carboxylic acids is 1. The average Bonchev–Trinajstić information content (AvgIpc) is 3.59. The number of fused-ring (bicyclic) bond motifs is 1. The zero-order valence-electron chi connectivity index (χ0n) is 33.9. The predicted molar refractivity (Wildman–Crippen MR) is 229 cm³/mol. The number of amides is 3. The van der Waals surface area contributed by atoms with Crippen LogP contribution in [-0.4, -0.2) is 75.9 Å². The van der Waals surface area contributed by atoms with Gasteiger partial charge in [0, 0.05) is 61.7 Å². The Kier molecular flexibility index (Phi) is 16.2. The summed E-state index contributed by atoms with van der Waals surface area (Å²) < 4.78 is 0. The molecule has 0 radical (unpaired) electrons. The van der Waals surface area contributed by atoms with Crippen LogP contribution in [0.5, 0.6) is 0 Å². The molecule has 0 saturated carbocycles. The van der Waals surface area contributed by atoms with Crippen LogP contribution < -0.4 is 10.6 Å². The molecule has 58 heavy (non-hydrogen) atoms. The molecule has 12 heteroatoms. The number of aryl methyl sites for hydroxylation is 3. The highest BCUT2D eigenvalue weighted by Gasteiger charge is 2.27. The Balaban J connectivity index is 1.23. The third-order valence-corrected chi connectivity index (χ3v) is 12.2. The summed E-state index contributed by atoms with van der Waals surface area (Å²) in [5, 5.41) is 24.8. The van der Waals surface area contributed by atoms with Crippen molar-refractivity contribution >= 4 is 51.7 Å². The van der Waals surface area contributed by atoms with Gasteiger partial charge in [-0.15, -0.1) is 11.3 Å². The largest absolute Gasteiger partial charge is 0.481 e. The lowest BCUT2D eigenvalue weighted by Crippen LogP contribution is -2.41. The van der Waals surface area contributed by atoms with E-state index >= 15 is 0 Å². The number of thiophene rings is 1. The Morgan fingerprint density at radius 3 is 2.05 bits per heavy atom. The maximum atomic E-state index is 13.9. The maximum absolute atomic E-state index is 13.9. The normalized spacial score (nSPS) is 12.3. The van der Waals surface area contributed by atoms with Crippen LogP contribution in [0.1, 0.15) is 123 Å². The lowest BCUT2D eigenvalue weighted by atomic mass is 9.95. The van der Waals surface area contributed by atoms with Gasteiger partial charge < -0.3 is 25.7 Å². The van der Waals surface area contributed by atoms with Crippen molar-refractivity contribution in [3.05, 3.63) is 117 Å². The van der Waals surface area contributed by atoms with Crippen LogP contribution >= 0.6 is 11.3 Å². The molecule has 3 amide bonds. The molecule has 0 spiro atoms. The first-order valence-corrected chi connectivity index (χ1v) is 21.2. The number of rotatable bonds is 21. The summed E-state index contributed by atoms with van der Waals surface area (Å²) in [7, 11) is 1.79. The minimum atomic E-state index is -0.944. The van der Waals surface area contributed by atoms with Crippen molar-refractivity contribution in [3.8, 4) is 0 Å². The zero-order valence-corrected chi connectivity index (χ0v) is 34.7. The van der Waals surface area contributed by atoms with E-state index in [1.54, 1.807) is 30.1 Å². The molecule has 5 rings (SSSR count). The third kappa shape index (κ3) is 12.3. The lowest BCUT2D eigenvalue weighted by Gasteiger charge is -2.32. The molecular weight excluding hydrogens is 753 g/mol. The zero-order chi connectivity index (χ0) is 41.6. The number of nitrogens with one attached hydrogen (secondary N) is 2. The number of benzene rings is 3. The number of carboxylic acids is 2. The molecule has 1 heterocycles. The SMILES string of the molecule is CCC(CC)N(CCN(C)C(=O)CCCCC(=O)O)Cc1cccc(C(=O)Nc2sc3c(c2C(=O)Nc2ccc(CCc4ccc(C(=O)O)cc4)cc2)CCCC3)c1. The van der Waals surface area contributed by atoms with Gasteiger partial charge in [0.25, 0.3) is 11.8 Å². The summed E-state index contributed by atoms with van der Waals surface area (Å²) in [6, 6.07) is 22.5. The van der Waals surface area contributed by atoms with Crippen LogP contribution in [0.15, 0.2) is 72.8 Å². The predicted octanol–water partition coefficient (Wildman–Crippen LogP) is 8.71. The first-order chi connectivity index (χ1) is 27.9. The summed E-state index contributed by atoms with van der Waals surface area (Å²) in [5.74, 6) is -2.32. The van der Waals surface area contributed by atoms with Gasteiger partial charge in [0.05, 0.1) is 11.1 Å². The van der Waals surface area contributed by atoms with Gasteiger partial charge in [-0.3, -0.25) is 24.1 Å². The molecular formula is C46H56N4O7S. The highest BCUT2D eigenvalue weighted by molar-refractivity contribution is 7.17. The van der Waals surface area contributed by atoms with Crippen molar-refractivity contribution in [3.63, 3.8) is 0 Å². The summed E-state index contributed by atoms with van der Waals surface area (Å²) in [6.45, 7) is 6.11. The van der Waals surface area contributed by atoms with Crippen LogP contribution in [-0.2, 0) is 41.8 Å². The van der Waals surface area contributed by atoms with E-state index in [9.17, 15) is 24.0 Å². The Bertz CT molecular complexity index is 2040. The van der Waals surface area contributed by atoms with Crippen molar-refractivity contribution in [1.82, 2.24) is 9.80 Å². The minimum Gasteiger partial charge on any atom is -0.481 e. The second-order valence-corrected chi connectivity index (χ2v) is 16.2. The summed E-state index contributed by atoms with van der Waals surface area (Å²) in [4.78, 5) is 67.7. The van der Waals surface area contributed by atoms with Crippen LogP contribution in [0, 0.1) is 0 Å². The molecule has 0 atom stereocenters. The molecule has 0 fully saturated rings. The Morgan fingerprint density at radius 1 is 0.741 bits per heavy atom. The number of carbonyl (C=O) groups excluding carboxylic acids is 3. The van der Waals surface area contributed by atoms with Gasteiger partial charge in [-0.05, 0) is 123 Å². The van der Waals surface area contributed by atoms with Gasteiger partial charge in [0.1, 0.15) is 5.00 Å². The second kappa shape index (κ2) is 21.4. The molecule has 3 aromatic carbocycles. The molecule has 1 aliphatic carbocycles. The van der Waals surface area contributed by atoms with E-state index in [0.29, 0.717) is 60.7 Å². The van der Waals surface area contributed by atoms with E-state index in [1.807, 2.05) is 54.6 Å². The molecule has 0 unspecified atom stereocenters. The quantitative estimate of drug-likeness (QED) is 0.0610. The Hall–Kier alpha value is -5.33. The molecule has 1 aliphatic rings. The van der Waals surface area contributed by atoms with E-state index in [-0.39, 0.29) is 35.7 Å². The number of anilines is 2. The van der Waals surface area contributed by atoms with Gasteiger partial charge >= 0.3 is 11.9 Å². The van der Waals surface area contributed by atoms with Crippen LogP contribution in [0.25, 0.3) is 0 Å². The van der Waals surface area contributed by atoms with Gasteiger partial charge in [-0.1, -0.05) is 50.2 Å². The summed E-state index contributed by atoms with van der Waals surface area (Å²) in [5.41, 5.74) is 6.08. The molecule has 0 bridgehead atoms. The minimum absolute atomic E-state index is 0.00514. The number of carboxylic acid groups (broad SMARTS) is 2. The lowest BCUT2D eigenvalue weighted by molar-refractivity contribution is -0.137. The smallest absolute Gasteiger partial charge is 0.335 e. The third-order valence-electron chi connectivity index (χ3n) is 11.0. The highest BCUT2D eigenvalue weighted by atomic mass is 32.1. The Labute approximate surface area is 345 Å². The van der Waals surface area contributed by atoms with Crippen molar-refractivity contribution in [2.45, 2.75) is 103 Å². The molecule has 11 nitrogen and oxygen atoms in total. The van der Waals surface area contributed by atoms with Crippen LogP contribution in [0.3, 0.4) is 0 Å². The van der Waals surface area contributed by atoms with Crippen molar-refractivity contribution < 1.29 is 34.2 Å². The van der Waals surface area contributed by atoms with Gasteiger partial charge in [-0.25, -0.2) is 4.79 Å². The van der Waals surface area contributed by atoms with Gasteiger partial charge in [0.15, 0.2) is 0 Å². The molecule has 0 saturated heterocycles. The van der Waals surface area contributed by atoms with Crippen LogP contribution in [0.2, 0.25) is 0 Å². The fourth-order valence-electron chi connectivity index (χ4n) is 7.51. The molecule has 308 valence electrons. The second-order valence-electron chi connectivity index (χ2n) is 15.1. The standard InChI is InChI=1S/C46H56N4O7S/c1-4-37(5-2)50(28-27-49(3)40(51)15-8-9-16-41(52)53)30-33-11-10-12-35(29-33)43(54)48-45-42(38-13-6-7-14-39(38)58-45)44(55)47-36-25-21-32(22-26-36)18-17-31-19-23-34(24-20-31)46(56)57/h10-12,19-26,29,37H,4-9,13-18,27-28,30H2,1-3H3,(H,47,55)(H,48,54)(H,52,53)(H,56,57). The molecule has 4 aromatic rings. The number of hydrogen-bond donors (Lipinski definition) is 4. The first-order valence-electron chi connectivity index (χ1n) is 20.4. The summed E-state index contributed by atoms with van der Waals surface area (Å²) >= 11 is 1.48. The number of aromatic carboxylic acids is 1. The molecule has 0 aliphatic heterocycles. The number of nitrogens with zero attached hydrogens (tertiary/aromatic N) is 2. The molecule has 1 aromatic heterocycles. The van der Waals surface area contributed by atoms with Crippen LogP contribution in [0.4, 0.5) is 10.7 Å². The maximum Gasteiger partial charge on any atom is 0.335 e. The van der Waals surface area contributed by atoms with E-state index in [1.165, 1.54) is 11.3 Å². The number of likely N-dealkylation sites (N-methyl/N-ethyl adjacent to an activating group) is 1. The van der Waals surface area contributed by atoms with Crippen molar-refractivity contribution in [1.29, 1.82) is 0 Å². The Morgan fingerprint density at radius 2 is 1.40 bits per heavy atom. The van der Waals surface area contributed by atoms with Crippen molar-refractivity contribution in [2.24, 2.45) is 0 Å². The van der Waals surface area contributed by atoms with E-state index in [4.69, 9.17) is 10.2 Å². The topological polar surface area (TPSA) is 156 Å². The monoisotopic (exact) mass is 808 g/mol. The van der Waals surface area contributed by atoms with Gasteiger partial charge in [0.2, 0.25) is 5.91 Å². The average molecular weight is 809 g/mol. The highest BCUT2D eigenvalue weighted by Crippen LogP contribution is 2.39. The van der Waals surface area contributed by atoms with Gasteiger partial charge in [-0.2, -0.15) is 0 Å².